The van der Waals surface area contributed by atoms with Crippen LogP contribution in [0.25, 0.3) is 0 Å². The van der Waals surface area contributed by atoms with Crippen molar-refractivity contribution in [3.05, 3.63) is 22.4 Å². The number of hydrogen-bond donors (Lipinski definition) is 1. The summed E-state index contributed by atoms with van der Waals surface area (Å²) in [5.74, 6) is 0. The summed E-state index contributed by atoms with van der Waals surface area (Å²) < 4.78 is 0. The zero-order chi connectivity index (χ0) is 13.4. The molecule has 0 saturated carbocycles. The Morgan fingerprint density at radius 3 is 2.78 bits per heavy atom. The van der Waals surface area contributed by atoms with E-state index in [9.17, 15) is 0 Å². The third-order valence-corrected chi connectivity index (χ3v) is 4.36. The van der Waals surface area contributed by atoms with Crippen molar-refractivity contribution < 1.29 is 0 Å². The van der Waals surface area contributed by atoms with Crippen LogP contribution in [-0.4, -0.2) is 38.6 Å². The quantitative estimate of drug-likeness (QED) is 0.739. The minimum absolute atomic E-state index is 0.397. The van der Waals surface area contributed by atoms with Gasteiger partial charge in [-0.1, -0.05) is 26.3 Å². The molecule has 2 nitrogen and oxygen atoms in total. The molecule has 1 heterocycles. The van der Waals surface area contributed by atoms with Gasteiger partial charge in [0.15, 0.2) is 0 Å². The second kappa shape index (κ2) is 7.93. The van der Waals surface area contributed by atoms with Gasteiger partial charge in [-0.15, -0.1) is 11.3 Å². The van der Waals surface area contributed by atoms with Crippen molar-refractivity contribution in [2.24, 2.45) is 5.41 Å². The maximum atomic E-state index is 3.34. The van der Waals surface area contributed by atoms with Gasteiger partial charge >= 0.3 is 0 Å². The van der Waals surface area contributed by atoms with Crippen molar-refractivity contribution in [3.8, 4) is 0 Å². The predicted octanol–water partition coefficient (Wildman–Crippen LogP) is 3.25. The maximum absolute atomic E-state index is 3.34. The third-order valence-electron chi connectivity index (χ3n) is 3.43. The van der Waals surface area contributed by atoms with Crippen LogP contribution in [0.3, 0.4) is 0 Å². The molecule has 1 aromatic rings. The Morgan fingerprint density at radius 2 is 2.22 bits per heavy atom. The first-order chi connectivity index (χ1) is 8.59. The number of thiophene rings is 1. The van der Waals surface area contributed by atoms with Crippen LogP contribution in [0.15, 0.2) is 17.5 Å². The van der Waals surface area contributed by atoms with Gasteiger partial charge in [0.05, 0.1) is 0 Å². The molecule has 0 saturated heterocycles. The van der Waals surface area contributed by atoms with Crippen LogP contribution in [0.2, 0.25) is 0 Å². The molecule has 0 radical (unpaired) electrons. The highest BCUT2D eigenvalue weighted by molar-refractivity contribution is 7.09. The summed E-state index contributed by atoms with van der Waals surface area (Å²) in [7, 11) is 4.30. The minimum Gasteiger partial charge on any atom is -0.319 e. The second-order valence-electron chi connectivity index (χ2n) is 5.66. The lowest BCUT2D eigenvalue weighted by Gasteiger charge is -2.33. The normalized spacial score (nSPS) is 14.9. The van der Waals surface area contributed by atoms with E-state index in [0.29, 0.717) is 5.41 Å². The molecule has 0 spiro atoms. The number of nitrogens with one attached hydrogen (secondary N) is 1. The first-order valence-electron chi connectivity index (χ1n) is 6.95. The van der Waals surface area contributed by atoms with Gasteiger partial charge in [0, 0.05) is 24.5 Å². The van der Waals surface area contributed by atoms with Crippen molar-refractivity contribution in [3.63, 3.8) is 0 Å². The lowest BCUT2D eigenvalue weighted by molar-refractivity contribution is 0.177. The number of nitrogens with zero attached hydrogens (tertiary/aromatic N) is 1. The van der Waals surface area contributed by atoms with Gasteiger partial charge < -0.3 is 10.2 Å². The van der Waals surface area contributed by atoms with Gasteiger partial charge in [-0.3, -0.25) is 0 Å². The molecule has 1 unspecified atom stereocenters. The SMILES string of the molecule is CCCC(C)(CNC)CN(C)CCc1cccs1. The summed E-state index contributed by atoms with van der Waals surface area (Å²) in [4.78, 5) is 3.97. The molecule has 0 aromatic carbocycles. The third kappa shape index (κ3) is 5.51. The van der Waals surface area contributed by atoms with Gasteiger partial charge in [0.1, 0.15) is 0 Å². The first-order valence-corrected chi connectivity index (χ1v) is 7.83. The lowest BCUT2D eigenvalue weighted by Crippen LogP contribution is -2.40. The van der Waals surface area contributed by atoms with Crippen LogP contribution in [-0.2, 0) is 6.42 Å². The molecule has 18 heavy (non-hydrogen) atoms. The van der Waals surface area contributed by atoms with E-state index >= 15 is 0 Å². The van der Waals surface area contributed by atoms with Crippen molar-refractivity contribution in [1.29, 1.82) is 0 Å². The fourth-order valence-electron chi connectivity index (χ4n) is 2.74. The Labute approximate surface area is 116 Å². The summed E-state index contributed by atoms with van der Waals surface area (Å²) in [6.45, 7) is 8.11. The molecule has 0 amide bonds. The monoisotopic (exact) mass is 268 g/mol. The largest absolute Gasteiger partial charge is 0.319 e. The Hall–Kier alpha value is -0.380. The molecular weight excluding hydrogens is 240 g/mol. The highest BCUT2D eigenvalue weighted by Crippen LogP contribution is 2.23. The van der Waals surface area contributed by atoms with E-state index in [1.54, 1.807) is 0 Å². The van der Waals surface area contributed by atoms with E-state index in [2.05, 4.69) is 55.7 Å². The summed E-state index contributed by atoms with van der Waals surface area (Å²) >= 11 is 1.86. The highest BCUT2D eigenvalue weighted by atomic mass is 32.1. The van der Waals surface area contributed by atoms with Crippen LogP contribution in [0.4, 0.5) is 0 Å². The number of hydrogen-bond acceptors (Lipinski definition) is 3. The Kier molecular flexibility index (Phi) is 6.90. The Bertz CT molecular complexity index is 302. The molecule has 0 bridgehead atoms. The zero-order valence-corrected chi connectivity index (χ0v) is 13.1. The molecule has 104 valence electrons. The van der Waals surface area contributed by atoms with Crippen molar-refractivity contribution in [2.75, 3.05) is 33.7 Å². The highest BCUT2D eigenvalue weighted by Gasteiger charge is 2.24. The smallest absolute Gasteiger partial charge is 0.00579 e. The molecule has 1 N–H and O–H groups in total. The average Bonchev–Trinajstić information content (AvgIpc) is 2.79. The van der Waals surface area contributed by atoms with Crippen molar-refractivity contribution in [1.82, 2.24) is 10.2 Å². The minimum atomic E-state index is 0.397. The van der Waals surface area contributed by atoms with E-state index in [0.717, 1.165) is 13.1 Å². The Morgan fingerprint density at radius 1 is 1.44 bits per heavy atom. The van der Waals surface area contributed by atoms with E-state index in [4.69, 9.17) is 0 Å². The maximum Gasteiger partial charge on any atom is 0.00579 e. The summed E-state index contributed by atoms with van der Waals surface area (Å²) in [6, 6.07) is 4.37. The molecule has 1 atom stereocenters. The topological polar surface area (TPSA) is 15.3 Å². The predicted molar refractivity (Wildman–Crippen MR) is 82.5 cm³/mol. The molecule has 3 heteroatoms. The van der Waals surface area contributed by atoms with Crippen LogP contribution in [0.5, 0.6) is 0 Å². The van der Waals surface area contributed by atoms with Crippen LogP contribution in [0, 0.1) is 5.41 Å². The molecule has 0 aliphatic heterocycles. The van der Waals surface area contributed by atoms with E-state index in [1.165, 1.54) is 30.7 Å². The van der Waals surface area contributed by atoms with Crippen LogP contribution in [0.1, 0.15) is 31.6 Å². The van der Waals surface area contributed by atoms with Gasteiger partial charge in [-0.2, -0.15) is 0 Å². The summed E-state index contributed by atoms with van der Waals surface area (Å²) in [5.41, 5.74) is 0.397. The molecular formula is C15H28N2S. The Balaban J connectivity index is 2.38. The van der Waals surface area contributed by atoms with Crippen molar-refractivity contribution >= 4 is 11.3 Å². The van der Waals surface area contributed by atoms with Gasteiger partial charge in [0.2, 0.25) is 0 Å². The van der Waals surface area contributed by atoms with Crippen LogP contribution >= 0.6 is 11.3 Å². The fourth-order valence-corrected chi connectivity index (χ4v) is 3.44. The summed E-state index contributed by atoms with van der Waals surface area (Å²) in [5, 5.41) is 5.51. The number of rotatable bonds is 9. The molecule has 1 aromatic heterocycles. The van der Waals surface area contributed by atoms with Gasteiger partial charge in [0.25, 0.3) is 0 Å². The molecule has 0 aliphatic rings. The standard InChI is InChI=1S/C15H28N2S/c1-5-9-15(2,12-16-3)13-17(4)10-8-14-7-6-11-18-14/h6-7,11,16H,5,8-10,12-13H2,1-4H3. The zero-order valence-electron chi connectivity index (χ0n) is 12.3. The lowest BCUT2D eigenvalue weighted by atomic mass is 9.85. The second-order valence-corrected chi connectivity index (χ2v) is 6.69. The fraction of sp³-hybridized carbons (Fsp3) is 0.733. The average molecular weight is 268 g/mol. The van der Waals surface area contributed by atoms with Gasteiger partial charge in [-0.05, 0) is 43.8 Å². The van der Waals surface area contributed by atoms with Crippen molar-refractivity contribution in [2.45, 2.75) is 33.1 Å². The molecule has 0 fully saturated rings. The van der Waals surface area contributed by atoms with Crippen LogP contribution < -0.4 is 5.32 Å². The molecule has 0 aliphatic carbocycles. The van der Waals surface area contributed by atoms with E-state index < -0.39 is 0 Å². The van der Waals surface area contributed by atoms with E-state index in [-0.39, 0.29) is 0 Å². The first kappa shape index (κ1) is 15.7. The van der Waals surface area contributed by atoms with E-state index in [1.807, 2.05) is 11.3 Å². The number of likely N-dealkylation sites (N-methyl/N-ethyl adjacent to an activating group) is 1. The molecule has 1 rings (SSSR count). The summed E-state index contributed by atoms with van der Waals surface area (Å²) in [6.07, 6.45) is 3.73. The van der Waals surface area contributed by atoms with Gasteiger partial charge in [-0.25, -0.2) is 0 Å².